The van der Waals surface area contributed by atoms with Crippen molar-refractivity contribution in [2.24, 2.45) is 5.92 Å². The van der Waals surface area contributed by atoms with E-state index in [0.29, 0.717) is 43.1 Å². The molecule has 1 amide bonds. The highest BCUT2D eigenvalue weighted by molar-refractivity contribution is 5.82. The Kier molecular flexibility index (Phi) is 9.33. The Morgan fingerprint density at radius 1 is 1.15 bits per heavy atom. The lowest BCUT2D eigenvalue weighted by Gasteiger charge is -2.44. The van der Waals surface area contributed by atoms with E-state index in [0.717, 1.165) is 37.1 Å². The van der Waals surface area contributed by atoms with Gasteiger partial charge >= 0.3 is 0 Å². The molecule has 6 rings (SSSR count). The summed E-state index contributed by atoms with van der Waals surface area (Å²) in [5.41, 5.74) is 2.00. The molecule has 2 aromatic carbocycles. The van der Waals surface area contributed by atoms with Crippen LogP contribution in [0.3, 0.4) is 0 Å². The number of rotatable bonds is 5. The number of likely N-dealkylation sites (tertiary alicyclic amines) is 1. The first-order valence-electron chi connectivity index (χ1n) is 13.7. The predicted octanol–water partition coefficient (Wildman–Crippen LogP) is -1.40. The maximum absolute atomic E-state index is 14.5. The summed E-state index contributed by atoms with van der Waals surface area (Å²) in [6.07, 6.45) is 2.44. The minimum absolute atomic E-state index is 0. The lowest BCUT2D eigenvalue weighted by molar-refractivity contribution is -0.142. The zero-order chi connectivity index (χ0) is 26.3. The number of fused-ring (bicyclic) bond motifs is 2. The van der Waals surface area contributed by atoms with Crippen LogP contribution in [0.1, 0.15) is 73.8 Å². The standard InChI is InChI=1S/C30H36N4O4.2ClH/c1-19(2)27-32-28(38-33-27)24-16-21(20-8-5-4-6-9-20)12-14-34(24)29(35)23-17-31-18-30(23)13-15-37-26-22(30)10-7-11-25(26)36-3;;/h4-11,19,21,23-24,31H,12-18H2,1-3H3;2*1H/p-2/t21-,23+,24+,30+;;/m1../s1. The molecule has 8 nitrogen and oxygen atoms in total. The third kappa shape index (κ3) is 5.17. The van der Waals surface area contributed by atoms with E-state index in [1.165, 1.54) is 5.56 Å². The number of carbonyl (C=O) groups is 1. The highest BCUT2D eigenvalue weighted by atomic mass is 35.5. The van der Waals surface area contributed by atoms with Gasteiger partial charge in [0.1, 0.15) is 6.04 Å². The number of hydrogen-bond donors (Lipinski definition) is 1. The van der Waals surface area contributed by atoms with Crippen molar-refractivity contribution >= 4 is 5.91 Å². The van der Waals surface area contributed by atoms with Gasteiger partial charge in [0.05, 0.1) is 19.6 Å². The molecular formula is C30H36Cl2N4O4-2. The van der Waals surface area contributed by atoms with Gasteiger partial charge < -0.3 is 49.0 Å². The molecule has 4 atom stereocenters. The molecule has 10 heteroatoms. The summed E-state index contributed by atoms with van der Waals surface area (Å²) in [5.74, 6) is 3.10. The number of hydrogen-bond acceptors (Lipinski definition) is 7. The van der Waals surface area contributed by atoms with E-state index in [2.05, 4.69) is 54.7 Å². The Labute approximate surface area is 248 Å². The van der Waals surface area contributed by atoms with Crippen LogP contribution in [-0.2, 0) is 10.2 Å². The van der Waals surface area contributed by atoms with Gasteiger partial charge in [-0.05, 0) is 36.8 Å². The fraction of sp³-hybridized carbons (Fsp3) is 0.500. The highest BCUT2D eigenvalue weighted by Crippen LogP contribution is 2.50. The molecule has 4 heterocycles. The van der Waals surface area contributed by atoms with E-state index in [1.807, 2.05) is 23.1 Å². The fourth-order valence-electron chi connectivity index (χ4n) is 6.62. The molecule has 1 aromatic heterocycles. The molecule has 3 aliphatic rings. The lowest BCUT2D eigenvalue weighted by atomic mass is 9.68. The first-order valence-corrected chi connectivity index (χ1v) is 13.7. The summed E-state index contributed by atoms with van der Waals surface area (Å²) < 4.78 is 17.5. The normalized spacial score (nSPS) is 25.5. The minimum Gasteiger partial charge on any atom is -1.00 e. The molecule has 216 valence electrons. The molecule has 0 aliphatic carbocycles. The van der Waals surface area contributed by atoms with E-state index in [-0.39, 0.29) is 54.0 Å². The van der Waals surface area contributed by atoms with E-state index in [1.54, 1.807) is 7.11 Å². The van der Waals surface area contributed by atoms with Gasteiger partial charge in [-0.25, -0.2) is 0 Å². The van der Waals surface area contributed by atoms with Crippen molar-refractivity contribution in [3.8, 4) is 11.5 Å². The van der Waals surface area contributed by atoms with Crippen molar-refractivity contribution in [2.75, 3.05) is 33.4 Å². The van der Waals surface area contributed by atoms with Crippen molar-refractivity contribution in [3.05, 3.63) is 71.4 Å². The van der Waals surface area contributed by atoms with Crippen LogP contribution in [0.2, 0.25) is 0 Å². The van der Waals surface area contributed by atoms with E-state index in [4.69, 9.17) is 19.0 Å². The van der Waals surface area contributed by atoms with Crippen LogP contribution in [-0.4, -0.2) is 54.3 Å². The van der Waals surface area contributed by atoms with Gasteiger partial charge in [0.2, 0.25) is 11.8 Å². The van der Waals surface area contributed by atoms with Crippen LogP contribution in [0.4, 0.5) is 0 Å². The number of para-hydroxylation sites is 1. The van der Waals surface area contributed by atoms with E-state index in [9.17, 15) is 4.79 Å². The molecule has 2 fully saturated rings. The van der Waals surface area contributed by atoms with Gasteiger partial charge in [0.15, 0.2) is 17.3 Å². The summed E-state index contributed by atoms with van der Waals surface area (Å²) in [4.78, 5) is 21.3. The Balaban J connectivity index is 0.00000185. The topological polar surface area (TPSA) is 89.7 Å². The number of aromatic nitrogens is 2. The zero-order valence-electron chi connectivity index (χ0n) is 23.1. The molecule has 1 spiro atoms. The average Bonchev–Trinajstić information content (AvgIpc) is 3.61. The molecule has 3 aromatic rings. The number of piperidine rings is 1. The largest absolute Gasteiger partial charge is 1.00 e. The summed E-state index contributed by atoms with van der Waals surface area (Å²) in [7, 11) is 1.66. The number of nitrogens with zero attached hydrogens (tertiary/aromatic N) is 3. The minimum atomic E-state index is -0.349. The number of nitrogens with one attached hydrogen (secondary N) is 1. The number of amides is 1. The SMILES string of the molecule is COc1cccc2c1OCC[C@]21CNC[C@H]1C(=O)N1CC[C@@H](c2ccccc2)C[C@H]1c1nc(C(C)C)no1.[Cl-].[Cl-]. The van der Waals surface area contributed by atoms with Gasteiger partial charge in [-0.2, -0.15) is 4.98 Å². The second-order valence-corrected chi connectivity index (χ2v) is 11.1. The van der Waals surface area contributed by atoms with Gasteiger partial charge in [-0.3, -0.25) is 4.79 Å². The Hall–Kier alpha value is -2.81. The zero-order valence-corrected chi connectivity index (χ0v) is 24.6. The Morgan fingerprint density at radius 3 is 2.67 bits per heavy atom. The fourth-order valence-corrected chi connectivity index (χ4v) is 6.62. The monoisotopic (exact) mass is 586 g/mol. The summed E-state index contributed by atoms with van der Waals surface area (Å²) in [6, 6.07) is 16.3. The maximum Gasteiger partial charge on any atom is 0.249 e. The van der Waals surface area contributed by atoms with Crippen molar-refractivity contribution in [1.82, 2.24) is 20.4 Å². The number of benzene rings is 2. The molecule has 2 saturated heterocycles. The van der Waals surface area contributed by atoms with E-state index < -0.39 is 0 Å². The molecule has 0 saturated carbocycles. The molecule has 0 radical (unpaired) electrons. The lowest BCUT2D eigenvalue weighted by Crippen LogP contribution is -3.00. The first-order chi connectivity index (χ1) is 18.5. The molecular weight excluding hydrogens is 551 g/mol. The first kappa shape index (κ1) is 30.2. The Bertz CT molecular complexity index is 1300. The summed E-state index contributed by atoms with van der Waals surface area (Å²) >= 11 is 0. The number of carbonyl (C=O) groups excluding carboxylic acids is 1. The van der Waals surface area contributed by atoms with E-state index >= 15 is 0 Å². The van der Waals surface area contributed by atoms with Crippen LogP contribution in [0.15, 0.2) is 53.1 Å². The van der Waals surface area contributed by atoms with Gasteiger partial charge in [0.25, 0.3) is 0 Å². The third-order valence-corrected chi connectivity index (χ3v) is 8.70. The van der Waals surface area contributed by atoms with Crippen molar-refractivity contribution in [1.29, 1.82) is 0 Å². The smallest absolute Gasteiger partial charge is 0.249 e. The van der Waals surface area contributed by atoms with Crippen LogP contribution in [0, 0.1) is 5.92 Å². The van der Waals surface area contributed by atoms with Crippen LogP contribution in [0.25, 0.3) is 0 Å². The van der Waals surface area contributed by atoms with Crippen LogP contribution < -0.4 is 39.6 Å². The van der Waals surface area contributed by atoms with Crippen LogP contribution >= 0.6 is 0 Å². The number of halogens is 2. The number of ether oxygens (including phenoxy) is 2. The second kappa shape index (κ2) is 12.4. The maximum atomic E-state index is 14.5. The molecule has 0 unspecified atom stereocenters. The molecule has 3 aliphatic heterocycles. The predicted molar refractivity (Wildman–Crippen MR) is 142 cm³/mol. The van der Waals surface area contributed by atoms with Crippen LogP contribution in [0.5, 0.6) is 11.5 Å². The van der Waals surface area contributed by atoms with Crippen molar-refractivity contribution in [2.45, 2.75) is 56.4 Å². The van der Waals surface area contributed by atoms with Gasteiger partial charge in [-0.15, -0.1) is 0 Å². The molecule has 40 heavy (non-hydrogen) atoms. The van der Waals surface area contributed by atoms with Crippen molar-refractivity contribution in [3.63, 3.8) is 0 Å². The summed E-state index contributed by atoms with van der Waals surface area (Å²) in [6.45, 7) is 6.67. The Morgan fingerprint density at radius 2 is 1.95 bits per heavy atom. The van der Waals surface area contributed by atoms with Gasteiger partial charge in [0, 0.05) is 36.5 Å². The molecule has 1 N–H and O–H groups in total. The highest BCUT2D eigenvalue weighted by Gasteiger charge is 2.53. The second-order valence-electron chi connectivity index (χ2n) is 11.1. The molecule has 0 bridgehead atoms. The summed E-state index contributed by atoms with van der Waals surface area (Å²) in [5, 5.41) is 7.79. The van der Waals surface area contributed by atoms with Gasteiger partial charge in [-0.1, -0.05) is 61.5 Å². The number of methoxy groups -OCH3 is 1. The van der Waals surface area contributed by atoms with Crippen molar-refractivity contribution < 1.29 is 43.6 Å². The third-order valence-electron chi connectivity index (χ3n) is 8.70. The quantitative estimate of drug-likeness (QED) is 0.393. The average molecular weight is 588 g/mol.